The number of sulfonamides is 1. The zero-order valence-electron chi connectivity index (χ0n) is 22.6. The van der Waals surface area contributed by atoms with Gasteiger partial charge in [-0.3, -0.25) is 13.9 Å². The quantitative estimate of drug-likeness (QED) is 0.351. The maximum atomic E-state index is 14.0. The number of nitrogens with zero attached hydrogens (tertiary/aromatic N) is 2. The minimum Gasteiger partial charge on any atom is -0.495 e. The van der Waals surface area contributed by atoms with Gasteiger partial charge in [-0.2, -0.15) is 0 Å². The zero-order valence-corrected chi connectivity index (χ0v) is 24.1. The number of hydrogen-bond acceptors (Lipinski definition) is 5. The van der Waals surface area contributed by atoms with Gasteiger partial charge in [-0.1, -0.05) is 60.1 Å². The molecule has 0 spiro atoms. The van der Waals surface area contributed by atoms with Crippen LogP contribution in [-0.4, -0.2) is 57.6 Å². The molecule has 3 aromatic rings. The smallest absolute Gasteiger partial charge is 0.244 e. The maximum Gasteiger partial charge on any atom is 0.244 e. The lowest BCUT2D eigenvalue weighted by atomic mass is 10.0. The van der Waals surface area contributed by atoms with Gasteiger partial charge in [-0.05, 0) is 54.8 Å². The highest BCUT2D eigenvalue weighted by Crippen LogP contribution is 2.31. The van der Waals surface area contributed by atoms with Crippen LogP contribution in [-0.2, 0) is 32.6 Å². The molecule has 0 radical (unpaired) electrons. The molecule has 39 heavy (non-hydrogen) atoms. The molecule has 0 saturated heterocycles. The van der Waals surface area contributed by atoms with Crippen molar-refractivity contribution in [3.63, 3.8) is 0 Å². The number of aryl methyl sites for hydroxylation is 1. The summed E-state index contributed by atoms with van der Waals surface area (Å²) in [7, 11) is -2.46. The van der Waals surface area contributed by atoms with Gasteiger partial charge in [0, 0.05) is 24.5 Å². The van der Waals surface area contributed by atoms with Gasteiger partial charge in [0.25, 0.3) is 0 Å². The van der Waals surface area contributed by atoms with Crippen molar-refractivity contribution in [1.29, 1.82) is 0 Å². The first-order chi connectivity index (χ1) is 18.5. The largest absolute Gasteiger partial charge is 0.495 e. The summed E-state index contributed by atoms with van der Waals surface area (Å²) >= 11 is 6.07. The molecule has 3 rings (SSSR count). The number of likely N-dealkylation sites (N-methyl/N-ethyl adjacent to an activating group) is 1. The standard InChI is InChI=1S/C29H34ClN3O5S/c1-5-31-29(35)26(18-22-9-7-6-8-10-22)32(19-23-12-14-24(30)15-13-23)28(34)20-33(39(4,36)37)25-17-21(2)11-16-27(25)38-3/h6-17,26H,5,18-20H2,1-4H3,(H,31,35). The molecule has 1 N–H and O–H groups in total. The predicted octanol–water partition coefficient (Wildman–Crippen LogP) is 4.20. The molecule has 208 valence electrons. The molecule has 0 fully saturated rings. The van der Waals surface area contributed by atoms with E-state index in [2.05, 4.69) is 5.32 Å². The Morgan fingerprint density at radius 2 is 1.67 bits per heavy atom. The minimum atomic E-state index is -3.90. The summed E-state index contributed by atoms with van der Waals surface area (Å²) in [6.45, 7) is 3.56. The van der Waals surface area contributed by atoms with Gasteiger partial charge < -0.3 is 15.0 Å². The van der Waals surface area contributed by atoms with E-state index in [1.54, 1.807) is 49.4 Å². The Morgan fingerprint density at radius 3 is 2.26 bits per heavy atom. The van der Waals surface area contributed by atoms with Gasteiger partial charge in [-0.25, -0.2) is 8.42 Å². The Kier molecular flexibility index (Phi) is 10.4. The molecule has 0 aliphatic heterocycles. The average molecular weight is 572 g/mol. The van der Waals surface area contributed by atoms with Crippen molar-refractivity contribution >= 4 is 39.1 Å². The Labute approximate surface area is 235 Å². The molecule has 1 unspecified atom stereocenters. The maximum absolute atomic E-state index is 14.0. The number of carbonyl (C=O) groups excluding carboxylic acids is 2. The average Bonchev–Trinajstić information content (AvgIpc) is 2.90. The van der Waals surface area contributed by atoms with E-state index in [-0.39, 0.29) is 24.6 Å². The van der Waals surface area contributed by atoms with E-state index < -0.39 is 28.5 Å². The third kappa shape index (κ3) is 8.21. The van der Waals surface area contributed by atoms with Crippen LogP contribution < -0.4 is 14.4 Å². The van der Waals surface area contributed by atoms with Gasteiger partial charge in [0.1, 0.15) is 18.3 Å². The molecule has 3 aromatic carbocycles. The first-order valence-electron chi connectivity index (χ1n) is 12.5. The second-order valence-corrected chi connectivity index (χ2v) is 11.5. The summed E-state index contributed by atoms with van der Waals surface area (Å²) < 4.78 is 32.4. The molecular formula is C29H34ClN3O5S. The number of amides is 2. The summed E-state index contributed by atoms with van der Waals surface area (Å²) in [5.41, 5.74) is 2.66. The van der Waals surface area contributed by atoms with Crippen molar-refractivity contribution in [1.82, 2.24) is 10.2 Å². The number of benzene rings is 3. The molecule has 10 heteroatoms. The topological polar surface area (TPSA) is 96.0 Å². The van der Waals surface area contributed by atoms with E-state index in [4.69, 9.17) is 16.3 Å². The third-order valence-corrected chi connectivity index (χ3v) is 7.55. The second kappa shape index (κ2) is 13.5. The summed E-state index contributed by atoms with van der Waals surface area (Å²) in [6, 6.07) is 20.6. The predicted molar refractivity (Wildman–Crippen MR) is 155 cm³/mol. The molecule has 0 aliphatic rings. The molecule has 0 bridgehead atoms. The number of methoxy groups -OCH3 is 1. The van der Waals surface area contributed by atoms with Crippen LogP contribution in [0.25, 0.3) is 0 Å². The molecule has 0 aromatic heterocycles. The number of rotatable bonds is 12. The van der Waals surface area contributed by atoms with Gasteiger partial charge in [0.15, 0.2) is 0 Å². The van der Waals surface area contributed by atoms with Crippen LogP contribution in [0.2, 0.25) is 5.02 Å². The molecule has 0 heterocycles. The summed E-state index contributed by atoms with van der Waals surface area (Å²) in [4.78, 5) is 28.8. The highest BCUT2D eigenvalue weighted by Gasteiger charge is 2.33. The van der Waals surface area contributed by atoms with Crippen LogP contribution in [0.3, 0.4) is 0 Å². The van der Waals surface area contributed by atoms with Crippen molar-refractivity contribution in [2.75, 3.05) is 30.8 Å². The normalized spacial score (nSPS) is 11.9. The zero-order chi connectivity index (χ0) is 28.6. The second-order valence-electron chi connectivity index (χ2n) is 9.19. The van der Waals surface area contributed by atoms with Crippen molar-refractivity contribution in [3.8, 4) is 5.75 Å². The SMILES string of the molecule is CCNC(=O)C(Cc1ccccc1)N(Cc1ccc(Cl)cc1)C(=O)CN(c1cc(C)ccc1OC)S(C)(=O)=O. The number of halogens is 1. The van der Waals surface area contributed by atoms with Crippen LogP contribution in [0.4, 0.5) is 5.69 Å². The van der Waals surface area contributed by atoms with Gasteiger partial charge in [0.05, 0.1) is 19.1 Å². The first-order valence-corrected chi connectivity index (χ1v) is 14.7. The molecule has 0 aliphatic carbocycles. The Bertz CT molecular complexity index is 1380. The lowest BCUT2D eigenvalue weighted by molar-refractivity contribution is -0.140. The number of hydrogen-bond donors (Lipinski definition) is 1. The van der Waals surface area contributed by atoms with E-state index in [0.29, 0.717) is 17.3 Å². The lowest BCUT2D eigenvalue weighted by Crippen LogP contribution is -2.53. The van der Waals surface area contributed by atoms with Crippen LogP contribution in [0, 0.1) is 6.92 Å². The monoisotopic (exact) mass is 571 g/mol. The fraction of sp³-hybridized carbons (Fsp3) is 0.310. The fourth-order valence-electron chi connectivity index (χ4n) is 4.22. The summed E-state index contributed by atoms with van der Waals surface area (Å²) in [5, 5.41) is 3.37. The molecular weight excluding hydrogens is 538 g/mol. The summed E-state index contributed by atoms with van der Waals surface area (Å²) in [6.07, 6.45) is 1.29. The van der Waals surface area contributed by atoms with Crippen LogP contribution >= 0.6 is 11.6 Å². The van der Waals surface area contributed by atoms with Crippen LogP contribution in [0.5, 0.6) is 5.75 Å². The van der Waals surface area contributed by atoms with Crippen LogP contribution in [0.15, 0.2) is 72.8 Å². The van der Waals surface area contributed by atoms with E-state index >= 15 is 0 Å². The molecule has 8 nitrogen and oxygen atoms in total. The van der Waals surface area contributed by atoms with Crippen molar-refractivity contribution in [2.45, 2.75) is 32.9 Å². The summed E-state index contributed by atoms with van der Waals surface area (Å²) in [5.74, 6) is -0.554. The Balaban J connectivity index is 2.07. The van der Waals surface area contributed by atoms with E-state index in [9.17, 15) is 18.0 Å². The number of nitrogens with one attached hydrogen (secondary N) is 1. The van der Waals surface area contributed by atoms with E-state index in [0.717, 1.165) is 27.3 Å². The van der Waals surface area contributed by atoms with Gasteiger partial charge in [-0.15, -0.1) is 0 Å². The lowest BCUT2D eigenvalue weighted by Gasteiger charge is -2.33. The highest BCUT2D eigenvalue weighted by molar-refractivity contribution is 7.92. The Morgan fingerprint density at radius 1 is 1.00 bits per heavy atom. The number of ether oxygens (including phenoxy) is 1. The fourth-order valence-corrected chi connectivity index (χ4v) is 5.19. The molecule has 2 amide bonds. The first kappa shape index (κ1) is 30.0. The van der Waals surface area contributed by atoms with Gasteiger partial charge in [0.2, 0.25) is 21.8 Å². The van der Waals surface area contributed by atoms with E-state index in [1.807, 2.05) is 37.3 Å². The third-order valence-electron chi connectivity index (χ3n) is 6.17. The van der Waals surface area contributed by atoms with Crippen molar-refractivity contribution in [2.24, 2.45) is 0 Å². The van der Waals surface area contributed by atoms with Crippen molar-refractivity contribution < 1.29 is 22.7 Å². The minimum absolute atomic E-state index is 0.0766. The van der Waals surface area contributed by atoms with Gasteiger partial charge >= 0.3 is 0 Å². The number of carbonyl (C=O) groups is 2. The van der Waals surface area contributed by atoms with Crippen molar-refractivity contribution in [3.05, 3.63) is 94.5 Å². The molecule has 0 saturated carbocycles. The highest BCUT2D eigenvalue weighted by atomic mass is 35.5. The van der Waals surface area contributed by atoms with Crippen LogP contribution in [0.1, 0.15) is 23.6 Å². The Hall–Kier alpha value is -3.56. The van der Waals surface area contributed by atoms with E-state index in [1.165, 1.54) is 12.0 Å². The number of anilines is 1. The molecule has 1 atom stereocenters.